The van der Waals surface area contributed by atoms with Gasteiger partial charge in [0.05, 0.1) is 12.0 Å². The minimum atomic E-state index is -3.82. The van der Waals surface area contributed by atoms with Gasteiger partial charge in [-0.05, 0) is 43.7 Å². The Kier molecular flexibility index (Phi) is 4.54. The fourth-order valence-electron chi connectivity index (χ4n) is 2.04. The maximum Gasteiger partial charge on any atom is 0.240 e. The van der Waals surface area contributed by atoms with Crippen LogP contribution < -0.4 is 16.2 Å². The molecule has 0 aliphatic heterocycles. The summed E-state index contributed by atoms with van der Waals surface area (Å²) < 4.78 is 28.5. The molecule has 21 heavy (non-hydrogen) atoms. The van der Waals surface area contributed by atoms with Gasteiger partial charge in [0.2, 0.25) is 10.0 Å². The summed E-state index contributed by atoms with van der Waals surface area (Å²) in [4.78, 5) is 0.00680. The number of rotatable bonds is 6. The molecule has 0 bridgehead atoms. The lowest BCUT2D eigenvalue weighted by Crippen LogP contribution is -2.20. The van der Waals surface area contributed by atoms with E-state index in [0.717, 1.165) is 18.6 Å². The SMILES string of the molecule is CC(CCc1ccco1)Nc1ccc(N)cc1S(N)(=O)=O. The molecule has 1 heterocycles. The monoisotopic (exact) mass is 309 g/mol. The van der Waals surface area contributed by atoms with Crippen LogP contribution in [0.5, 0.6) is 0 Å². The third kappa shape index (κ3) is 4.24. The zero-order valence-corrected chi connectivity index (χ0v) is 12.6. The van der Waals surface area contributed by atoms with E-state index < -0.39 is 10.0 Å². The van der Waals surface area contributed by atoms with Crippen molar-refractivity contribution in [2.75, 3.05) is 11.1 Å². The fourth-order valence-corrected chi connectivity index (χ4v) is 2.78. The van der Waals surface area contributed by atoms with E-state index in [4.69, 9.17) is 15.3 Å². The first-order chi connectivity index (χ1) is 9.86. The zero-order valence-electron chi connectivity index (χ0n) is 11.7. The molecule has 0 aliphatic rings. The smallest absolute Gasteiger partial charge is 0.240 e. The molecule has 7 heteroatoms. The number of nitrogens with one attached hydrogen (secondary N) is 1. The molecule has 0 spiro atoms. The van der Waals surface area contributed by atoms with Gasteiger partial charge in [-0.15, -0.1) is 0 Å². The number of primary sulfonamides is 1. The predicted molar refractivity (Wildman–Crippen MR) is 82.3 cm³/mol. The van der Waals surface area contributed by atoms with E-state index >= 15 is 0 Å². The van der Waals surface area contributed by atoms with Gasteiger partial charge >= 0.3 is 0 Å². The number of benzene rings is 1. The molecule has 114 valence electrons. The summed E-state index contributed by atoms with van der Waals surface area (Å²) in [6, 6.07) is 8.42. The second-order valence-electron chi connectivity index (χ2n) is 4.96. The Morgan fingerprint density at radius 1 is 1.33 bits per heavy atom. The summed E-state index contributed by atoms with van der Waals surface area (Å²) in [7, 11) is -3.82. The van der Waals surface area contributed by atoms with Crippen LogP contribution in [0.1, 0.15) is 19.1 Å². The van der Waals surface area contributed by atoms with E-state index in [1.807, 2.05) is 19.1 Å². The van der Waals surface area contributed by atoms with Crippen molar-refractivity contribution in [3.63, 3.8) is 0 Å². The van der Waals surface area contributed by atoms with Crippen molar-refractivity contribution in [1.82, 2.24) is 0 Å². The molecular formula is C14H19N3O3S. The molecule has 1 aromatic carbocycles. The number of nitrogen functional groups attached to an aromatic ring is 1. The lowest BCUT2D eigenvalue weighted by Gasteiger charge is -2.17. The topological polar surface area (TPSA) is 111 Å². The molecule has 0 saturated heterocycles. The molecule has 1 unspecified atom stereocenters. The van der Waals surface area contributed by atoms with E-state index in [-0.39, 0.29) is 10.9 Å². The average Bonchev–Trinajstić information content (AvgIpc) is 2.90. The van der Waals surface area contributed by atoms with Crippen LogP contribution in [-0.2, 0) is 16.4 Å². The first kappa shape index (κ1) is 15.4. The molecule has 2 rings (SSSR count). The maximum atomic E-state index is 11.6. The summed E-state index contributed by atoms with van der Waals surface area (Å²) >= 11 is 0. The van der Waals surface area contributed by atoms with Crippen molar-refractivity contribution >= 4 is 21.4 Å². The van der Waals surface area contributed by atoms with Crippen LogP contribution in [0.25, 0.3) is 0 Å². The van der Waals surface area contributed by atoms with Gasteiger partial charge in [0, 0.05) is 18.2 Å². The quantitative estimate of drug-likeness (QED) is 0.706. The molecule has 5 N–H and O–H groups in total. The minimum Gasteiger partial charge on any atom is -0.469 e. The Morgan fingerprint density at radius 3 is 2.71 bits per heavy atom. The molecule has 0 aliphatic carbocycles. The normalized spacial score (nSPS) is 13.0. The Hall–Kier alpha value is -1.99. The number of hydrogen-bond acceptors (Lipinski definition) is 5. The van der Waals surface area contributed by atoms with Crippen molar-refractivity contribution in [3.05, 3.63) is 42.4 Å². The van der Waals surface area contributed by atoms with Crippen molar-refractivity contribution < 1.29 is 12.8 Å². The lowest BCUT2D eigenvalue weighted by atomic mass is 10.1. The third-order valence-electron chi connectivity index (χ3n) is 3.12. The molecule has 6 nitrogen and oxygen atoms in total. The lowest BCUT2D eigenvalue weighted by molar-refractivity contribution is 0.495. The van der Waals surface area contributed by atoms with Gasteiger partial charge in [-0.1, -0.05) is 0 Å². The van der Waals surface area contributed by atoms with Crippen LogP contribution in [0.15, 0.2) is 45.9 Å². The van der Waals surface area contributed by atoms with Crippen molar-refractivity contribution in [2.45, 2.75) is 30.7 Å². The van der Waals surface area contributed by atoms with Crippen LogP contribution in [0, 0.1) is 0 Å². The van der Waals surface area contributed by atoms with Gasteiger partial charge in [-0.3, -0.25) is 0 Å². The highest BCUT2D eigenvalue weighted by Gasteiger charge is 2.16. The van der Waals surface area contributed by atoms with Gasteiger partial charge in [0.25, 0.3) is 0 Å². The molecule has 0 saturated carbocycles. The summed E-state index contributed by atoms with van der Waals surface area (Å²) in [5.74, 6) is 0.896. The number of hydrogen-bond donors (Lipinski definition) is 3. The van der Waals surface area contributed by atoms with Crippen molar-refractivity contribution in [1.29, 1.82) is 0 Å². The number of nitrogens with two attached hydrogens (primary N) is 2. The maximum absolute atomic E-state index is 11.6. The molecular weight excluding hydrogens is 290 g/mol. The Morgan fingerprint density at radius 2 is 2.10 bits per heavy atom. The van der Waals surface area contributed by atoms with Gasteiger partial charge in [-0.2, -0.15) is 0 Å². The predicted octanol–water partition coefficient (Wildman–Crippen LogP) is 1.94. The van der Waals surface area contributed by atoms with Crippen molar-refractivity contribution in [3.8, 4) is 0 Å². The summed E-state index contributed by atoms with van der Waals surface area (Å²) in [5.41, 5.74) is 6.43. The second-order valence-corrected chi connectivity index (χ2v) is 6.49. The van der Waals surface area contributed by atoms with E-state index in [1.165, 1.54) is 6.07 Å². The number of sulfonamides is 1. The Balaban J connectivity index is 2.08. The summed E-state index contributed by atoms with van der Waals surface area (Å²) in [6.45, 7) is 1.96. The van der Waals surface area contributed by atoms with Crippen LogP contribution >= 0.6 is 0 Å². The first-order valence-electron chi connectivity index (χ1n) is 6.57. The highest BCUT2D eigenvalue weighted by atomic mass is 32.2. The second kappa shape index (κ2) is 6.19. The zero-order chi connectivity index (χ0) is 15.5. The largest absolute Gasteiger partial charge is 0.469 e. The van der Waals surface area contributed by atoms with E-state index in [2.05, 4.69) is 5.32 Å². The molecule has 0 amide bonds. The van der Waals surface area contributed by atoms with Crippen LogP contribution in [0.4, 0.5) is 11.4 Å². The van der Waals surface area contributed by atoms with Crippen LogP contribution in [0.2, 0.25) is 0 Å². The summed E-state index contributed by atoms with van der Waals surface area (Å²) in [5, 5.41) is 8.37. The molecule has 1 aromatic heterocycles. The summed E-state index contributed by atoms with van der Waals surface area (Å²) in [6.07, 6.45) is 3.19. The first-order valence-corrected chi connectivity index (χ1v) is 8.12. The highest BCUT2D eigenvalue weighted by molar-refractivity contribution is 7.89. The average molecular weight is 309 g/mol. The van der Waals surface area contributed by atoms with E-state index in [9.17, 15) is 8.42 Å². The fraction of sp³-hybridized carbons (Fsp3) is 0.286. The molecule has 2 aromatic rings. The molecule has 1 atom stereocenters. The minimum absolute atomic E-state index is 0.00680. The highest BCUT2D eigenvalue weighted by Crippen LogP contribution is 2.24. The standard InChI is InChI=1S/C14H19N3O3S/c1-10(4-6-12-3-2-8-20-12)17-13-7-5-11(15)9-14(13)21(16,18)19/h2-3,5,7-10,17H,4,6,15H2,1H3,(H2,16,18,19). The van der Waals surface area contributed by atoms with Crippen LogP contribution in [0.3, 0.4) is 0 Å². The van der Waals surface area contributed by atoms with E-state index in [1.54, 1.807) is 18.4 Å². The Bertz CT molecular complexity index is 696. The number of anilines is 2. The molecule has 0 fully saturated rings. The van der Waals surface area contributed by atoms with Gasteiger partial charge in [0.15, 0.2) is 0 Å². The number of furan rings is 1. The van der Waals surface area contributed by atoms with Gasteiger partial charge in [0.1, 0.15) is 10.7 Å². The van der Waals surface area contributed by atoms with E-state index in [0.29, 0.717) is 11.4 Å². The number of aryl methyl sites for hydroxylation is 1. The Labute approximate surface area is 124 Å². The van der Waals surface area contributed by atoms with Gasteiger partial charge < -0.3 is 15.5 Å². The van der Waals surface area contributed by atoms with Crippen molar-refractivity contribution in [2.24, 2.45) is 5.14 Å². The third-order valence-corrected chi connectivity index (χ3v) is 4.07. The van der Waals surface area contributed by atoms with Crippen LogP contribution in [-0.4, -0.2) is 14.5 Å². The van der Waals surface area contributed by atoms with Gasteiger partial charge in [-0.25, -0.2) is 13.6 Å². The molecule has 0 radical (unpaired) electrons.